The number of nitrogen functional groups attached to an aromatic ring is 1. The SMILES string of the molecule is Cc1ccc(N)c(C)c1NC(=O)c1ccc(F)cc1Cl. The van der Waals surface area contributed by atoms with Crippen molar-refractivity contribution in [3.63, 3.8) is 0 Å². The number of hydrogen-bond donors (Lipinski definition) is 2. The lowest BCUT2D eigenvalue weighted by atomic mass is 10.1. The van der Waals surface area contributed by atoms with E-state index in [-0.39, 0.29) is 10.6 Å². The van der Waals surface area contributed by atoms with Crippen LogP contribution >= 0.6 is 11.6 Å². The molecule has 0 aliphatic rings. The molecule has 2 rings (SSSR count). The molecule has 1 amide bonds. The highest BCUT2D eigenvalue weighted by atomic mass is 35.5. The Kier molecular flexibility index (Phi) is 3.95. The van der Waals surface area contributed by atoms with E-state index < -0.39 is 11.7 Å². The van der Waals surface area contributed by atoms with Crippen molar-refractivity contribution in [3.05, 3.63) is 57.9 Å². The van der Waals surface area contributed by atoms with E-state index in [4.69, 9.17) is 17.3 Å². The van der Waals surface area contributed by atoms with Crippen LogP contribution in [0.2, 0.25) is 5.02 Å². The van der Waals surface area contributed by atoms with Crippen molar-refractivity contribution in [2.24, 2.45) is 0 Å². The van der Waals surface area contributed by atoms with Gasteiger partial charge in [0.05, 0.1) is 10.6 Å². The zero-order valence-corrected chi connectivity index (χ0v) is 11.9. The van der Waals surface area contributed by atoms with Gasteiger partial charge in [0.15, 0.2) is 0 Å². The average Bonchev–Trinajstić information content (AvgIpc) is 2.39. The van der Waals surface area contributed by atoms with E-state index in [9.17, 15) is 9.18 Å². The van der Waals surface area contributed by atoms with Crippen LogP contribution in [0.15, 0.2) is 30.3 Å². The van der Waals surface area contributed by atoms with E-state index in [1.165, 1.54) is 12.1 Å². The van der Waals surface area contributed by atoms with Gasteiger partial charge in [-0.05, 0) is 49.2 Å². The van der Waals surface area contributed by atoms with Crippen LogP contribution in [-0.4, -0.2) is 5.91 Å². The maximum Gasteiger partial charge on any atom is 0.257 e. The van der Waals surface area contributed by atoms with Gasteiger partial charge in [0, 0.05) is 11.4 Å². The van der Waals surface area contributed by atoms with Crippen LogP contribution in [0.3, 0.4) is 0 Å². The van der Waals surface area contributed by atoms with Crippen molar-refractivity contribution < 1.29 is 9.18 Å². The van der Waals surface area contributed by atoms with Crippen LogP contribution < -0.4 is 11.1 Å². The van der Waals surface area contributed by atoms with Crippen molar-refractivity contribution in [2.45, 2.75) is 13.8 Å². The molecule has 0 saturated heterocycles. The molecule has 5 heteroatoms. The Balaban J connectivity index is 2.35. The number of carbonyl (C=O) groups is 1. The van der Waals surface area contributed by atoms with Gasteiger partial charge in [-0.3, -0.25) is 4.79 Å². The molecule has 2 aromatic carbocycles. The number of carbonyl (C=O) groups excluding carboxylic acids is 1. The Labute approximate surface area is 121 Å². The highest BCUT2D eigenvalue weighted by molar-refractivity contribution is 6.34. The first kappa shape index (κ1) is 14.3. The number of anilines is 2. The molecule has 0 spiro atoms. The third kappa shape index (κ3) is 2.75. The Bertz CT molecular complexity index is 686. The summed E-state index contributed by atoms with van der Waals surface area (Å²) in [5.74, 6) is -0.880. The molecule has 0 heterocycles. The van der Waals surface area contributed by atoms with Crippen LogP contribution in [-0.2, 0) is 0 Å². The number of aryl methyl sites for hydroxylation is 1. The molecule has 0 aliphatic heterocycles. The number of benzene rings is 2. The van der Waals surface area contributed by atoms with E-state index in [1.54, 1.807) is 6.07 Å². The van der Waals surface area contributed by atoms with Crippen molar-refractivity contribution in [2.75, 3.05) is 11.1 Å². The monoisotopic (exact) mass is 292 g/mol. The molecular formula is C15H14ClFN2O. The molecule has 0 fully saturated rings. The number of nitrogens with two attached hydrogens (primary N) is 1. The Morgan fingerprint density at radius 2 is 1.95 bits per heavy atom. The summed E-state index contributed by atoms with van der Waals surface area (Å²) in [6.07, 6.45) is 0. The van der Waals surface area contributed by atoms with Crippen molar-refractivity contribution >= 4 is 28.9 Å². The summed E-state index contributed by atoms with van der Waals surface area (Å²) < 4.78 is 13.0. The molecule has 0 saturated carbocycles. The summed E-state index contributed by atoms with van der Waals surface area (Å²) in [6, 6.07) is 7.26. The molecular weight excluding hydrogens is 279 g/mol. The van der Waals surface area contributed by atoms with E-state index >= 15 is 0 Å². The second kappa shape index (κ2) is 5.51. The van der Waals surface area contributed by atoms with Gasteiger partial charge in [0.1, 0.15) is 5.82 Å². The number of hydrogen-bond acceptors (Lipinski definition) is 2. The van der Waals surface area contributed by atoms with Gasteiger partial charge in [-0.15, -0.1) is 0 Å². The molecule has 3 N–H and O–H groups in total. The van der Waals surface area contributed by atoms with E-state index in [0.717, 1.165) is 17.2 Å². The Hall–Kier alpha value is -2.07. The van der Waals surface area contributed by atoms with Gasteiger partial charge in [0.25, 0.3) is 5.91 Å². The van der Waals surface area contributed by atoms with Crippen molar-refractivity contribution in [1.29, 1.82) is 0 Å². The largest absolute Gasteiger partial charge is 0.398 e. The summed E-state index contributed by atoms with van der Waals surface area (Å²) in [7, 11) is 0. The first-order chi connectivity index (χ1) is 9.40. The minimum atomic E-state index is -0.483. The molecule has 0 aliphatic carbocycles. The van der Waals surface area contributed by atoms with E-state index in [0.29, 0.717) is 11.4 Å². The van der Waals surface area contributed by atoms with Crippen molar-refractivity contribution in [1.82, 2.24) is 0 Å². The fourth-order valence-corrected chi connectivity index (χ4v) is 2.16. The summed E-state index contributed by atoms with van der Waals surface area (Å²) in [6.45, 7) is 3.69. The number of halogens is 2. The minimum absolute atomic E-state index is 0.0710. The minimum Gasteiger partial charge on any atom is -0.398 e. The molecule has 104 valence electrons. The molecule has 0 aromatic heterocycles. The fraction of sp³-hybridized carbons (Fsp3) is 0.133. The highest BCUT2D eigenvalue weighted by Gasteiger charge is 2.14. The second-order valence-electron chi connectivity index (χ2n) is 4.55. The van der Waals surface area contributed by atoms with Gasteiger partial charge in [-0.1, -0.05) is 17.7 Å². The molecule has 2 aromatic rings. The number of nitrogens with one attached hydrogen (secondary N) is 1. The van der Waals surface area contributed by atoms with Gasteiger partial charge in [-0.2, -0.15) is 0 Å². The Morgan fingerprint density at radius 3 is 2.60 bits per heavy atom. The summed E-state index contributed by atoms with van der Waals surface area (Å²) in [5, 5.41) is 2.84. The first-order valence-corrected chi connectivity index (χ1v) is 6.40. The van der Waals surface area contributed by atoms with Gasteiger partial charge in [0.2, 0.25) is 0 Å². The zero-order chi connectivity index (χ0) is 14.9. The molecule has 0 atom stereocenters. The van der Waals surface area contributed by atoms with Gasteiger partial charge < -0.3 is 11.1 Å². The van der Waals surface area contributed by atoms with Crippen LogP contribution in [0.25, 0.3) is 0 Å². The summed E-state index contributed by atoms with van der Waals surface area (Å²) in [5.41, 5.74) is 8.97. The van der Waals surface area contributed by atoms with Crippen LogP contribution in [0.1, 0.15) is 21.5 Å². The third-order valence-electron chi connectivity index (χ3n) is 3.13. The highest BCUT2D eigenvalue weighted by Crippen LogP contribution is 2.26. The maximum absolute atomic E-state index is 13.0. The number of amides is 1. The van der Waals surface area contributed by atoms with Gasteiger partial charge in [-0.25, -0.2) is 4.39 Å². The Morgan fingerprint density at radius 1 is 1.25 bits per heavy atom. The van der Waals surface area contributed by atoms with Crippen LogP contribution in [0.4, 0.5) is 15.8 Å². The van der Waals surface area contributed by atoms with Crippen LogP contribution in [0, 0.1) is 19.7 Å². The van der Waals surface area contributed by atoms with Gasteiger partial charge >= 0.3 is 0 Å². The fourth-order valence-electron chi connectivity index (χ4n) is 1.91. The molecule has 3 nitrogen and oxygen atoms in total. The predicted molar refractivity (Wildman–Crippen MR) is 79.7 cm³/mol. The van der Waals surface area contributed by atoms with E-state index in [1.807, 2.05) is 19.9 Å². The third-order valence-corrected chi connectivity index (χ3v) is 3.44. The lowest BCUT2D eigenvalue weighted by Crippen LogP contribution is -2.15. The van der Waals surface area contributed by atoms with Crippen LogP contribution in [0.5, 0.6) is 0 Å². The topological polar surface area (TPSA) is 55.1 Å². The summed E-state index contributed by atoms with van der Waals surface area (Å²) in [4.78, 5) is 12.2. The number of rotatable bonds is 2. The predicted octanol–water partition coefficient (Wildman–Crippen LogP) is 3.93. The zero-order valence-electron chi connectivity index (χ0n) is 11.1. The molecule has 0 bridgehead atoms. The normalized spacial score (nSPS) is 10.4. The quantitative estimate of drug-likeness (QED) is 0.824. The summed E-state index contributed by atoms with van der Waals surface area (Å²) >= 11 is 5.88. The molecule has 0 unspecified atom stereocenters. The van der Waals surface area contributed by atoms with E-state index in [2.05, 4.69) is 5.32 Å². The maximum atomic E-state index is 13.0. The average molecular weight is 293 g/mol. The molecule has 20 heavy (non-hydrogen) atoms. The van der Waals surface area contributed by atoms with Crippen molar-refractivity contribution in [3.8, 4) is 0 Å². The standard InChI is InChI=1S/C15H14ClFN2O/c1-8-3-6-13(18)9(2)14(8)19-15(20)11-5-4-10(17)7-12(11)16/h3-7H,18H2,1-2H3,(H,19,20). The lowest BCUT2D eigenvalue weighted by molar-refractivity contribution is 0.102. The smallest absolute Gasteiger partial charge is 0.257 e. The lowest BCUT2D eigenvalue weighted by Gasteiger charge is -2.14. The first-order valence-electron chi connectivity index (χ1n) is 6.02. The molecule has 0 radical (unpaired) electrons. The second-order valence-corrected chi connectivity index (χ2v) is 4.96.